The quantitative estimate of drug-likeness (QED) is 0.532. The summed E-state index contributed by atoms with van der Waals surface area (Å²) in [6, 6.07) is 2.41. The van der Waals surface area contributed by atoms with E-state index >= 15 is 0 Å². The summed E-state index contributed by atoms with van der Waals surface area (Å²) in [6.45, 7) is -1.78. The van der Waals surface area contributed by atoms with Crippen molar-refractivity contribution in [1.29, 1.82) is 0 Å². The predicted octanol–water partition coefficient (Wildman–Crippen LogP) is 3.83. The molecule has 1 amide bonds. The van der Waals surface area contributed by atoms with Crippen LogP contribution in [0.5, 0.6) is 5.75 Å². The number of benzene rings is 1. The van der Waals surface area contributed by atoms with E-state index in [1.54, 1.807) is 4.72 Å². The van der Waals surface area contributed by atoms with Gasteiger partial charge in [-0.3, -0.25) is 13.6 Å². The molecule has 1 aliphatic heterocycles. The maximum absolute atomic E-state index is 14.8. The van der Waals surface area contributed by atoms with Crippen LogP contribution in [-0.4, -0.2) is 57.8 Å². The van der Waals surface area contributed by atoms with Gasteiger partial charge >= 0.3 is 10.2 Å². The van der Waals surface area contributed by atoms with Crippen LogP contribution in [-0.2, 0) is 10.2 Å². The second kappa shape index (κ2) is 9.40. The minimum atomic E-state index is -4.24. The maximum atomic E-state index is 14.8. The highest BCUT2D eigenvalue weighted by molar-refractivity contribution is 7.87. The summed E-state index contributed by atoms with van der Waals surface area (Å²) in [5, 5.41) is 0. The van der Waals surface area contributed by atoms with Crippen molar-refractivity contribution in [1.82, 2.24) is 9.03 Å². The Morgan fingerprint density at radius 1 is 1.12 bits per heavy atom. The van der Waals surface area contributed by atoms with Crippen LogP contribution in [0.25, 0.3) is 0 Å². The number of rotatable bonds is 9. The van der Waals surface area contributed by atoms with Gasteiger partial charge < -0.3 is 4.74 Å². The monoisotopic (exact) mass is 492 g/mol. The van der Waals surface area contributed by atoms with Crippen molar-refractivity contribution in [3.05, 3.63) is 29.1 Å². The first kappa shape index (κ1) is 24.3. The van der Waals surface area contributed by atoms with Crippen LogP contribution in [0.1, 0.15) is 60.4 Å². The zero-order valence-corrected chi connectivity index (χ0v) is 19.0. The molecule has 1 aromatic carbocycles. The molecule has 184 valence electrons. The van der Waals surface area contributed by atoms with E-state index in [9.17, 15) is 30.8 Å². The van der Waals surface area contributed by atoms with Gasteiger partial charge in [-0.05, 0) is 62.0 Å². The van der Waals surface area contributed by atoms with Gasteiger partial charge in [-0.1, -0.05) is 0 Å². The normalized spacial score (nSPS) is 22.1. The number of nitrogens with zero attached hydrogens (tertiary/aromatic N) is 1. The van der Waals surface area contributed by atoms with E-state index in [4.69, 9.17) is 4.74 Å². The second-order valence-corrected chi connectivity index (χ2v) is 11.2. The summed E-state index contributed by atoms with van der Waals surface area (Å²) in [7, 11) is -4.24. The van der Waals surface area contributed by atoms with E-state index in [1.165, 1.54) is 6.07 Å². The molecule has 0 bridgehead atoms. The van der Waals surface area contributed by atoms with Crippen LogP contribution in [0.15, 0.2) is 12.1 Å². The molecule has 3 fully saturated rings. The Balaban J connectivity index is 1.43. The maximum Gasteiger partial charge on any atom is 0.304 e. The number of hydrogen-bond donors (Lipinski definition) is 1. The Hall–Kier alpha value is -1.88. The van der Waals surface area contributed by atoms with Crippen LogP contribution in [0.4, 0.5) is 17.6 Å². The number of carbonyl (C=O) groups is 1. The van der Waals surface area contributed by atoms with Gasteiger partial charge in [0.15, 0.2) is 0 Å². The Morgan fingerprint density at radius 3 is 2.30 bits per heavy atom. The predicted molar refractivity (Wildman–Crippen MR) is 113 cm³/mol. The third-order valence-electron chi connectivity index (χ3n) is 6.93. The molecule has 1 N–H and O–H groups in total. The molecular weight excluding hydrogens is 464 g/mol. The first-order valence-corrected chi connectivity index (χ1v) is 12.6. The van der Waals surface area contributed by atoms with Gasteiger partial charge in [0, 0.05) is 24.6 Å². The van der Waals surface area contributed by atoms with Crippen molar-refractivity contribution in [2.75, 3.05) is 33.0 Å². The first-order chi connectivity index (χ1) is 15.7. The van der Waals surface area contributed by atoms with Gasteiger partial charge in [0.2, 0.25) is 0 Å². The summed E-state index contributed by atoms with van der Waals surface area (Å²) in [5.41, 5.74) is -0.680. The molecule has 0 aromatic heterocycles. The highest BCUT2D eigenvalue weighted by atomic mass is 32.2. The number of carbonyl (C=O) groups excluding carboxylic acids is 1. The third-order valence-corrected chi connectivity index (χ3v) is 8.35. The zero-order chi connectivity index (χ0) is 23.8. The van der Waals surface area contributed by atoms with Crippen molar-refractivity contribution < 1.29 is 35.5 Å². The Labute approximate surface area is 190 Å². The van der Waals surface area contributed by atoms with E-state index in [-0.39, 0.29) is 31.5 Å². The molecular formula is C22H28F4N2O4S. The van der Waals surface area contributed by atoms with E-state index < -0.39 is 52.4 Å². The zero-order valence-electron chi connectivity index (χ0n) is 18.2. The number of nitrogens with one attached hydrogen (secondary N) is 1. The fourth-order valence-corrected chi connectivity index (χ4v) is 5.56. The lowest BCUT2D eigenvalue weighted by Crippen LogP contribution is -2.56. The summed E-state index contributed by atoms with van der Waals surface area (Å²) in [5.74, 6) is -1.57. The lowest BCUT2D eigenvalue weighted by atomic mass is 9.72. The molecule has 0 spiro atoms. The highest BCUT2D eigenvalue weighted by Crippen LogP contribution is 2.46. The van der Waals surface area contributed by atoms with E-state index in [0.717, 1.165) is 23.2 Å². The Morgan fingerprint density at radius 2 is 1.76 bits per heavy atom. The number of alkyl halides is 3. The first-order valence-electron chi connectivity index (χ1n) is 11.2. The molecule has 1 heterocycles. The lowest BCUT2D eigenvalue weighted by molar-refractivity contribution is 0.0639. The third kappa shape index (κ3) is 5.29. The summed E-state index contributed by atoms with van der Waals surface area (Å²) in [6.07, 6.45) is 2.50. The van der Waals surface area contributed by atoms with Gasteiger partial charge in [0.1, 0.15) is 17.7 Å². The molecule has 0 unspecified atom stereocenters. The average Bonchev–Trinajstić information content (AvgIpc) is 3.61. The standard InChI is InChI=1S/C22H28F4N2O4S/c23-12-22(13-24)5-3-14(4-6-22)11-32-20-8-19(26)18(7-17(20)15-1-2-15)21(29)27-33(30,31)28-9-16(25)10-28/h7-8,14-16H,1-6,9-13H2,(H,27,29). The fourth-order valence-electron chi connectivity index (χ4n) is 4.37. The van der Waals surface area contributed by atoms with Crippen LogP contribution in [0, 0.1) is 17.2 Å². The SMILES string of the molecule is O=C(NS(=O)(=O)N1CC(F)C1)c1cc(C2CC2)c(OCC2CCC(CF)(CF)CC2)cc1F. The van der Waals surface area contributed by atoms with Crippen molar-refractivity contribution >= 4 is 16.1 Å². The molecule has 0 atom stereocenters. The molecule has 4 rings (SSSR count). The molecule has 11 heteroatoms. The van der Waals surface area contributed by atoms with Crippen LogP contribution < -0.4 is 9.46 Å². The highest BCUT2D eigenvalue weighted by Gasteiger charge is 2.38. The van der Waals surface area contributed by atoms with Gasteiger partial charge in [-0.25, -0.2) is 13.5 Å². The summed E-state index contributed by atoms with van der Waals surface area (Å²) >= 11 is 0. The average molecular weight is 493 g/mol. The van der Waals surface area contributed by atoms with E-state index in [1.807, 2.05) is 0 Å². The van der Waals surface area contributed by atoms with E-state index in [2.05, 4.69) is 0 Å². The molecule has 2 aliphatic carbocycles. The van der Waals surface area contributed by atoms with Gasteiger partial charge in [0.25, 0.3) is 5.91 Å². The lowest BCUT2D eigenvalue weighted by Gasteiger charge is -2.36. The summed E-state index contributed by atoms with van der Waals surface area (Å²) in [4.78, 5) is 12.5. The van der Waals surface area contributed by atoms with Gasteiger partial charge in [-0.2, -0.15) is 12.7 Å². The molecule has 6 nitrogen and oxygen atoms in total. The van der Waals surface area contributed by atoms with Crippen LogP contribution in [0.3, 0.4) is 0 Å². The Kier molecular flexibility index (Phi) is 6.91. The number of hydrogen-bond acceptors (Lipinski definition) is 4. The van der Waals surface area contributed by atoms with Crippen molar-refractivity contribution in [2.45, 2.75) is 50.6 Å². The fraction of sp³-hybridized carbons (Fsp3) is 0.682. The minimum absolute atomic E-state index is 0.0866. The summed E-state index contributed by atoms with van der Waals surface area (Å²) < 4.78 is 86.9. The molecule has 1 aromatic rings. The van der Waals surface area contributed by atoms with Crippen molar-refractivity contribution in [3.8, 4) is 5.75 Å². The number of halogens is 4. The smallest absolute Gasteiger partial charge is 0.304 e. The van der Waals surface area contributed by atoms with Gasteiger partial charge in [-0.15, -0.1) is 0 Å². The van der Waals surface area contributed by atoms with Crippen molar-refractivity contribution in [2.24, 2.45) is 11.3 Å². The largest absolute Gasteiger partial charge is 0.493 e. The molecule has 2 saturated carbocycles. The molecule has 1 saturated heterocycles. The number of ether oxygens (including phenoxy) is 1. The van der Waals surface area contributed by atoms with Crippen molar-refractivity contribution in [3.63, 3.8) is 0 Å². The van der Waals surface area contributed by atoms with E-state index in [0.29, 0.717) is 37.0 Å². The minimum Gasteiger partial charge on any atom is -0.493 e. The van der Waals surface area contributed by atoms with Crippen LogP contribution >= 0.6 is 0 Å². The second-order valence-electron chi connectivity index (χ2n) is 9.52. The van der Waals surface area contributed by atoms with Gasteiger partial charge in [0.05, 0.1) is 25.5 Å². The molecule has 3 aliphatic rings. The molecule has 0 radical (unpaired) electrons. The topological polar surface area (TPSA) is 75.7 Å². The number of amides is 1. The molecule has 33 heavy (non-hydrogen) atoms. The Bertz CT molecular complexity index is 982. The van der Waals surface area contributed by atoms with Crippen LogP contribution in [0.2, 0.25) is 0 Å².